The molecule has 0 aromatic rings. The van der Waals surface area contributed by atoms with Gasteiger partial charge in [0.15, 0.2) is 5.96 Å². The van der Waals surface area contributed by atoms with E-state index in [1.165, 1.54) is 32.2 Å². The summed E-state index contributed by atoms with van der Waals surface area (Å²) >= 11 is 0. The van der Waals surface area contributed by atoms with Crippen molar-refractivity contribution >= 4 is 5.96 Å². The predicted molar refractivity (Wildman–Crippen MR) is 96.5 cm³/mol. The predicted octanol–water partition coefficient (Wildman–Crippen LogP) is 1.22. The van der Waals surface area contributed by atoms with Gasteiger partial charge >= 0.3 is 0 Å². The highest BCUT2D eigenvalue weighted by molar-refractivity contribution is 5.79. The van der Waals surface area contributed by atoms with Crippen LogP contribution in [0, 0.1) is 5.92 Å². The second kappa shape index (κ2) is 9.59. The van der Waals surface area contributed by atoms with Gasteiger partial charge in [0, 0.05) is 38.9 Å². The van der Waals surface area contributed by atoms with E-state index in [9.17, 15) is 0 Å². The highest BCUT2D eigenvalue weighted by atomic mass is 16.5. The smallest absolute Gasteiger partial charge is 0.191 e. The van der Waals surface area contributed by atoms with Gasteiger partial charge in [0.05, 0.1) is 19.3 Å². The first kappa shape index (κ1) is 18.0. The van der Waals surface area contributed by atoms with Crippen LogP contribution >= 0.6 is 0 Å². The van der Waals surface area contributed by atoms with Crippen molar-refractivity contribution in [3.63, 3.8) is 0 Å². The maximum absolute atomic E-state index is 5.98. The van der Waals surface area contributed by atoms with E-state index in [2.05, 4.69) is 22.5 Å². The third-order valence-electron chi connectivity index (χ3n) is 5.07. The van der Waals surface area contributed by atoms with Crippen molar-refractivity contribution in [2.24, 2.45) is 10.9 Å². The van der Waals surface area contributed by atoms with Crippen molar-refractivity contribution in [2.45, 2.75) is 51.2 Å². The monoisotopic (exact) mass is 338 g/mol. The van der Waals surface area contributed by atoms with Crippen LogP contribution in [0.1, 0.15) is 39.0 Å². The van der Waals surface area contributed by atoms with E-state index < -0.39 is 0 Å². The standard InChI is InChI=1S/C18H34N4O2/c1-2-19-18(20-8-4-10-23-13-15-6-7-15)21-11-17-12-22-9-3-5-16(22)14-24-17/h15-17H,2-14H2,1H3,(H2,19,20,21). The molecule has 2 saturated heterocycles. The molecule has 0 spiro atoms. The number of guanidine groups is 1. The van der Waals surface area contributed by atoms with Crippen molar-refractivity contribution in [3.8, 4) is 0 Å². The lowest BCUT2D eigenvalue weighted by molar-refractivity contribution is -0.0432. The summed E-state index contributed by atoms with van der Waals surface area (Å²) in [6.07, 6.45) is 6.58. The number of rotatable bonds is 9. The molecule has 1 aliphatic carbocycles. The Bertz CT molecular complexity index is 400. The van der Waals surface area contributed by atoms with Gasteiger partial charge in [-0.05, 0) is 51.5 Å². The molecule has 6 nitrogen and oxygen atoms in total. The summed E-state index contributed by atoms with van der Waals surface area (Å²) in [5.74, 6) is 1.74. The summed E-state index contributed by atoms with van der Waals surface area (Å²) in [5, 5.41) is 6.72. The number of hydrogen-bond acceptors (Lipinski definition) is 4. The lowest BCUT2D eigenvalue weighted by Gasteiger charge is -2.34. The Morgan fingerprint density at radius 1 is 1.29 bits per heavy atom. The highest BCUT2D eigenvalue weighted by Gasteiger charge is 2.31. The fraction of sp³-hybridized carbons (Fsp3) is 0.944. The van der Waals surface area contributed by atoms with Crippen LogP contribution in [0.2, 0.25) is 0 Å². The Kier molecular flexibility index (Phi) is 7.17. The third-order valence-corrected chi connectivity index (χ3v) is 5.07. The second-order valence-corrected chi connectivity index (χ2v) is 7.26. The van der Waals surface area contributed by atoms with Crippen molar-refractivity contribution in [1.29, 1.82) is 0 Å². The molecule has 6 heteroatoms. The normalized spacial score (nSPS) is 28.0. The molecule has 3 aliphatic rings. The summed E-state index contributed by atoms with van der Waals surface area (Å²) in [6, 6.07) is 0.659. The summed E-state index contributed by atoms with van der Waals surface area (Å²) in [7, 11) is 0. The van der Waals surface area contributed by atoms with E-state index in [1.807, 2.05) is 0 Å². The SMILES string of the molecule is CCNC(=NCC1CN2CCCC2CO1)NCCCOCC1CC1. The summed E-state index contributed by atoms with van der Waals surface area (Å²) in [6.45, 7) is 9.53. The van der Waals surface area contributed by atoms with Crippen LogP contribution in [-0.4, -0.2) is 75.5 Å². The van der Waals surface area contributed by atoms with E-state index in [-0.39, 0.29) is 6.10 Å². The Morgan fingerprint density at radius 2 is 2.21 bits per heavy atom. The maximum Gasteiger partial charge on any atom is 0.191 e. The van der Waals surface area contributed by atoms with Crippen LogP contribution in [0.5, 0.6) is 0 Å². The van der Waals surface area contributed by atoms with Gasteiger partial charge < -0.3 is 20.1 Å². The topological polar surface area (TPSA) is 58.1 Å². The molecule has 2 aliphatic heterocycles. The Balaban J connectivity index is 1.31. The summed E-state index contributed by atoms with van der Waals surface area (Å²) < 4.78 is 11.7. The van der Waals surface area contributed by atoms with Gasteiger partial charge in [-0.15, -0.1) is 0 Å². The van der Waals surface area contributed by atoms with E-state index in [1.54, 1.807) is 0 Å². The van der Waals surface area contributed by atoms with E-state index >= 15 is 0 Å². The lowest BCUT2D eigenvalue weighted by atomic mass is 10.2. The molecular formula is C18H34N4O2. The average Bonchev–Trinajstić information content (AvgIpc) is 3.30. The van der Waals surface area contributed by atoms with E-state index in [4.69, 9.17) is 14.5 Å². The van der Waals surface area contributed by atoms with Crippen LogP contribution in [-0.2, 0) is 9.47 Å². The minimum Gasteiger partial charge on any atom is -0.381 e. The molecule has 0 aromatic carbocycles. The Hall–Kier alpha value is -0.850. The molecule has 2 unspecified atom stereocenters. The molecular weight excluding hydrogens is 304 g/mol. The highest BCUT2D eigenvalue weighted by Crippen LogP contribution is 2.28. The first-order chi connectivity index (χ1) is 11.8. The molecule has 2 atom stereocenters. The molecule has 0 bridgehead atoms. The molecule has 2 heterocycles. The zero-order chi connectivity index (χ0) is 16.6. The maximum atomic E-state index is 5.98. The zero-order valence-corrected chi connectivity index (χ0v) is 15.1. The zero-order valence-electron chi connectivity index (χ0n) is 15.1. The van der Waals surface area contributed by atoms with Crippen molar-refractivity contribution in [1.82, 2.24) is 15.5 Å². The number of nitrogens with zero attached hydrogens (tertiary/aromatic N) is 2. The van der Waals surface area contributed by atoms with Crippen LogP contribution in [0.25, 0.3) is 0 Å². The van der Waals surface area contributed by atoms with Gasteiger partial charge in [-0.2, -0.15) is 0 Å². The van der Waals surface area contributed by atoms with Crippen LogP contribution in [0.15, 0.2) is 4.99 Å². The fourth-order valence-electron chi connectivity index (χ4n) is 3.45. The van der Waals surface area contributed by atoms with E-state index in [0.717, 1.165) is 64.3 Å². The van der Waals surface area contributed by atoms with Gasteiger partial charge in [-0.3, -0.25) is 9.89 Å². The molecule has 0 radical (unpaired) electrons. The molecule has 1 saturated carbocycles. The number of morpholine rings is 1. The van der Waals surface area contributed by atoms with Crippen molar-refractivity contribution < 1.29 is 9.47 Å². The van der Waals surface area contributed by atoms with Crippen molar-refractivity contribution in [2.75, 3.05) is 52.5 Å². The van der Waals surface area contributed by atoms with Gasteiger partial charge in [0.25, 0.3) is 0 Å². The van der Waals surface area contributed by atoms with Crippen LogP contribution < -0.4 is 10.6 Å². The quantitative estimate of drug-likeness (QED) is 0.376. The molecule has 3 fully saturated rings. The number of fused-ring (bicyclic) bond motifs is 1. The molecule has 2 N–H and O–H groups in total. The van der Waals surface area contributed by atoms with Crippen LogP contribution in [0.3, 0.4) is 0 Å². The Morgan fingerprint density at radius 3 is 3.04 bits per heavy atom. The number of nitrogens with one attached hydrogen (secondary N) is 2. The van der Waals surface area contributed by atoms with Gasteiger partial charge in [-0.1, -0.05) is 0 Å². The minimum atomic E-state index is 0.233. The number of hydrogen-bond donors (Lipinski definition) is 2. The Labute approximate surface area is 146 Å². The second-order valence-electron chi connectivity index (χ2n) is 7.26. The largest absolute Gasteiger partial charge is 0.381 e. The first-order valence-electron chi connectivity index (χ1n) is 9.80. The number of ether oxygens (including phenoxy) is 2. The van der Waals surface area contributed by atoms with Crippen molar-refractivity contribution in [3.05, 3.63) is 0 Å². The average molecular weight is 338 g/mol. The molecule has 3 rings (SSSR count). The third kappa shape index (κ3) is 5.90. The minimum absolute atomic E-state index is 0.233. The van der Waals surface area contributed by atoms with Crippen LogP contribution in [0.4, 0.5) is 0 Å². The van der Waals surface area contributed by atoms with Gasteiger partial charge in [0.1, 0.15) is 0 Å². The fourth-order valence-corrected chi connectivity index (χ4v) is 3.45. The van der Waals surface area contributed by atoms with Gasteiger partial charge in [0.2, 0.25) is 0 Å². The summed E-state index contributed by atoms with van der Waals surface area (Å²) in [5.41, 5.74) is 0. The lowest BCUT2D eigenvalue weighted by Crippen LogP contribution is -2.47. The number of aliphatic imine (C=N–C) groups is 1. The molecule has 24 heavy (non-hydrogen) atoms. The molecule has 0 amide bonds. The van der Waals surface area contributed by atoms with Gasteiger partial charge in [-0.25, -0.2) is 0 Å². The summed E-state index contributed by atoms with van der Waals surface area (Å²) in [4.78, 5) is 7.28. The van der Waals surface area contributed by atoms with E-state index in [0.29, 0.717) is 6.04 Å². The molecule has 0 aromatic heterocycles. The first-order valence-corrected chi connectivity index (χ1v) is 9.80. The molecule has 138 valence electrons.